The molecule has 3 heterocycles. The third kappa shape index (κ3) is 3.45. The van der Waals surface area contributed by atoms with Crippen LogP contribution in [0.25, 0.3) is 0 Å². The van der Waals surface area contributed by atoms with Crippen molar-refractivity contribution in [3.8, 4) is 0 Å². The van der Waals surface area contributed by atoms with E-state index in [2.05, 4.69) is 14.3 Å². The fourth-order valence-corrected chi connectivity index (χ4v) is 4.76. The smallest absolute Gasteiger partial charge is 0.285 e. The Labute approximate surface area is 164 Å². The van der Waals surface area contributed by atoms with Crippen molar-refractivity contribution in [2.24, 2.45) is 4.40 Å². The van der Waals surface area contributed by atoms with Gasteiger partial charge < -0.3 is 14.7 Å². The molecule has 28 heavy (non-hydrogen) atoms. The second-order valence-corrected chi connectivity index (χ2v) is 8.39. The summed E-state index contributed by atoms with van der Waals surface area (Å²) in [6.07, 6.45) is 3.52. The van der Waals surface area contributed by atoms with Crippen LogP contribution >= 0.6 is 0 Å². The van der Waals surface area contributed by atoms with Gasteiger partial charge in [0.1, 0.15) is 4.90 Å². The molecule has 0 saturated carbocycles. The molecule has 2 aliphatic rings. The first-order valence-electron chi connectivity index (χ1n) is 9.04. The Bertz CT molecular complexity index is 1010. The molecule has 1 amide bonds. The van der Waals surface area contributed by atoms with Crippen LogP contribution in [0.15, 0.2) is 58.1 Å². The third-order valence-corrected chi connectivity index (χ3v) is 6.33. The number of carbonyl (C=O) groups is 1. The number of fused-ring (bicyclic) bond motifs is 1. The zero-order valence-corrected chi connectivity index (χ0v) is 16.3. The van der Waals surface area contributed by atoms with Gasteiger partial charge in [-0.05, 0) is 24.3 Å². The first-order chi connectivity index (χ1) is 13.5. The number of carbonyl (C=O) groups excluding carboxylic acids is 1. The van der Waals surface area contributed by atoms with E-state index in [-0.39, 0.29) is 17.3 Å². The van der Waals surface area contributed by atoms with Crippen molar-refractivity contribution in [2.75, 3.05) is 44.7 Å². The van der Waals surface area contributed by atoms with Crippen molar-refractivity contribution in [1.29, 1.82) is 0 Å². The zero-order chi connectivity index (χ0) is 19.7. The van der Waals surface area contributed by atoms with E-state index in [9.17, 15) is 13.2 Å². The molecular weight excluding hydrogens is 378 g/mol. The number of sulfonamides is 1. The SMILES string of the molecule is CN(CC(=O)N1CCN(c2ccncc2)CC1)C1=NS(=O)(=O)c2ccccc21. The largest absolute Gasteiger partial charge is 0.368 e. The van der Waals surface area contributed by atoms with E-state index >= 15 is 0 Å². The van der Waals surface area contributed by atoms with Crippen molar-refractivity contribution in [3.05, 3.63) is 54.4 Å². The molecule has 0 atom stereocenters. The molecule has 1 saturated heterocycles. The number of rotatable bonds is 3. The average molecular weight is 399 g/mol. The second-order valence-electron chi connectivity index (χ2n) is 6.82. The fraction of sp³-hybridized carbons (Fsp3) is 0.316. The van der Waals surface area contributed by atoms with Crippen LogP contribution in [-0.4, -0.2) is 74.7 Å². The maximum atomic E-state index is 12.7. The predicted octanol–water partition coefficient (Wildman–Crippen LogP) is 0.811. The maximum Gasteiger partial charge on any atom is 0.285 e. The molecule has 0 N–H and O–H groups in total. The molecule has 1 fully saturated rings. The lowest BCUT2D eigenvalue weighted by molar-refractivity contribution is -0.131. The Hall–Kier alpha value is -2.94. The van der Waals surface area contributed by atoms with Crippen LogP contribution in [-0.2, 0) is 14.8 Å². The Kier molecular flexibility index (Phi) is 4.76. The topological polar surface area (TPSA) is 86.2 Å². The minimum absolute atomic E-state index is 0.0404. The number of anilines is 1. The molecule has 2 aliphatic heterocycles. The van der Waals surface area contributed by atoms with Gasteiger partial charge in [-0.2, -0.15) is 8.42 Å². The van der Waals surface area contributed by atoms with Crippen molar-refractivity contribution in [1.82, 2.24) is 14.8 Å². The number of amidine groups is 1. The average Bonchev–Trinajstić information content (AvgIpc) is 3.00. The lowest BCUT2D eigenvalue weighted by Gasteiger charge is -2.36. The van der Waals surface area contributed by atoms with Crippen LogP contribution in [0.1, 0.15) is 5.56 Å². The van der Waals surface area contributed by atoms with E-state index in [0.29, 0.717) is 24.5 Å². The monoisotopic (exact) mass is 399 g/mol. The highest BCUT2D eigenvalue weighted by atomic mass is 32.2. The Morgan fingerprint density at radius 3 is 2.46 bits per heavy atom. The summed E-state index contributed by atoms with van der Waals surface area (Å²) in [6, 6.07) is 10.6. The van der Waals surface area contributed by atoms with Crippen LogP contribution in [0, 0.1) is 0 Å². The molecule has 4 rings (SSSR count). The Morgan fingerprint density at radius 1 is 1.07 bits per heavy atom. The first-order valence-corrected chi connectivity index (χ1v) is 10.5. The lowest BCUT2D eigenvalue weighted by atomic mass is 10.2. The van der Waals surface area contributed by atoms with Gasteiger partial charge in [-0.3, -0.25) is 9.78 Å². The van der Waals surface area contributed by atoms with E-state index in [1.165, 1.54) is 6.07 Å². The summed E-state index contributed by atoms with van der Waals surface area (Å²) < 4.78 is 28.3. The van der Waals surface area contributed by atoms with Gasteiger partial charge in [0.25, 0.3) is 10.0 Å². The van der Waals surface area contributed by atoms with E-state index in [1.54, 1.807) is 42.5 Å². The fourth-order valence-electron chi connectivity index (χ4n) is 3.51. The number of aromatic nitrogens is 1. The molecule has 0 aliphatic carbocycles. The molecule has 146 valence electrons. The highest BCUT2D eigenvalue weighted by Gasteiger charge is 2.31. The summed E-state index contributed by atoms with van der Waals surface area (Å²) in [4.78, 5) is 22.6. The van der Waals surface area contributed by atoms with Crippen LogP contribution in [0.2, 0.25) is 0 Å². The van der Waals surface area contributed by atoms with Crippen LogP contribution < -0.4 is 4.90 Å². The predicted molar refractivity (Wildman–Crippen MR) is 106 cm³/mol. The molecular formula is C19H21N5O3S. The van der Waals surface area contributed by atoms with E-state index in [1.807, 2.05) is 17.0 Å². The number of pyridine rings is 1. The number of hydrogen-bond donors (Lipinski definition) is 0. The van der Waals surface area contributed by atoms with Gasteiger partial charge >= 0.3 is 0 Å². The van der Waals surface area contributed by atoms with Crippen molar-refractivity contribution in [2.45, 2.75) is 4.90 Å². The summed E-state index contributed by atoms with van der Waals surface area (Å²) >= 11 is 0. The number of hydrogen-bond acceptors (Lipinski definition) is 6. The lowest BCUT2D eigenvalue weighted by Crippen LogP contribution is -2.51. The highest BCUT2D eigenvalue weighted by molar-refractivity contribution is 7.90. The van der Waals surface area contributed by atoms with Gasteiger partial charge in [0.15, 0.2) is 5.84 Å². The number of amides is 1. The number of likely N-dealkylation sites (N-methyl/N-ethyl adjacent to an activating group) is 1. The van der Waals surface area contributed by atoms with E-state index in [0.717, 1.165) is 18.8 Å². The molecule has 0 unspecified atom stereocenters. The number of nitrogens with zero attached hydrogens (tertiary/aromatic N) is 5. The molecule has 0 radical (unpaired) electrons. The van der Waals surface area contributed by atoms with E-state index < -0.39 is 10.0 Å². The maximum absolute atomic E-state index is 12.7. The summed E-state index contributed by atoms with van der Waals surface area (Å²) in [5.74, 6) is 0.278. The molecule has 9 heteroatoms. The summed E-state index contributed by atoms with van der Waals surface area (Å²) in [5, 5.41) is 0. The minimum atomic E-state index is -3.69. The summed E-state index contributed by atoms with van der Waals surface area (Å²) in [5.41, 5.74) is 1.64. The highest BCUT2D eigenvalue weighted by Crippen LogP contribution is 2.27. The summed E-state index contributed by atoms with van der Waals surface area (Å²) in [7, 11) is -1.99. The van der Waals surface area contributed by atoms with Gasteiger partial charge in [-0.15, -0.1) is 4.40 Å². The molecule has 8 nitrogen and oxygen atoms in total. The molecule has 2 aromatic rings. The van der Waals surface area contributed by atoms with Gasteiger partial charge in [0.2, 0.25) is 5.91 Å². The molecule has 0 spiro atoms. The standard InChI is InChI=1S/C19H21N5O3S/c1-22(19-16-4-2-3-5-17(16)28(26,27)21-19)14-18(25)24-12-10-23(11-13-24)15-6-8-20-9-7-15/h2-9H,10-14H2,1H3. The van der Waals surface area contributed by atoms with Crippen molar-refractivity contribution >= 4 is 27.5 Å². The van der Waals surface area contributed by atoms with Gasteiger partial charge in [0, 0.05) is 56.9 Å². The number of benzene rings is 1. The normalized spacial score (nSPS) is 17.8. The van der Waals surface area contributed by atoms with E-state index in [4.69, 9.17) is 0 Å². The number of piperazine rings is 1. The van der Waals surface area contributed by atoms with Crippen LogP contribution in [0.3, 0.4) is 0 Å². The van der Waals surface area contributed by atoms with Crippen LogP contribution in [0.5, 0.6) is 0 Å². The van der Waals surface area contributed by atoms with Gasteiger partial charge in [-0.25, -0.2) is 0 Å². The zero-order valence-electron chi connectivity index (χ0n) is 15.5. The minimum Gasteiger partial charge on any atom is -0.368 e. The quantitative estimate of drug-likeness (QED) is 0.759. The van der Waals surface area contributed by atoms with Crippen LogP contribution in [0.4, 0.5) is 5.69 Å². The molecule has 1 aromatic heterocycles. The second kappa shape index (κ2) is 7.23. The third-order valence-electron chi connectivity index (χ3n) is 5.01. The van der Waals surface area contributed by atoms with Gasteiger partial charge in [-0.1, -0.05) is 12.1 Å². The Morgan fingerprint density at radius 2 is 1.75 bits per heavy atom. The van der Waals surface area contributed by atoms with Crippen molar-refractivity contribution < 1.29 is 13.2 Å². The molecule has 1 aromatic carbocycles. The Balaban J connectivity index is 1.40. The van der Waals surface area contributed by atoms with Crippen molar-refractivity contribution in [3.63, 3.8) is 0 Å². The molecule has 0 bridgehead atoms. The first kappa shape index (κ1) is 18.4. The summed E-state index contributed by atoms with van der Waals surface area (Å²) in [6.45, 7) is 2.82. The van der Waals surface area contributed by atoms with Gasteiger partial charge in [0.05, 0.1) is 6.54 Å².